The van der Waals surface area contributed by atoms with Crippen LogP contribution in [0.1, 0.15) is 22.3 Å². The number of aromatic amines is 1. The Hall–Kier alpha value is -3.47. The van der Waals surface area contributed by atoms with Crippen molar-refractivity contribution < 1.29 is 8.42 Å². The van der Waals surface area contributed by atoms with E-state index in [0.29, 0.717) is 44.0 Å². The second-order valence-corrected chi connectivity index (χ2v) is 10.6. The van der Waals surface area contributed by atoms with Crippen LogP contribution in [0.5, 0.6) is 0 Å². The van der Waals surface area contributed by atoms with Crippen molar-refractivity contribution in [2.24, 2.45) is 0 Å². The summed E-state index contributed by atoms with van der Waals surface area (Å²) in [6.45, 7) is 3.66. The zero-order chi connectivity index (χ0) is 23.9. The first-order chi connectivity index (χ1) is 15.6. The predicted molar refractivity (Wildman–Crippen MR) is 131 cm³/mol. The molecule has 0 radical (unpaired) electrons. The van der Waals surface area contributed by atoms with Gasteiger partial charge in [0, 0.05) is 34.7 Å². The molecule has 6 nitrogen and oxygen atoms in total. The molecule has 0 atom stereocenters. The molecule has 0 amide bonds. The van der Waals surface area contributed by atoms with Gasteiger partial charge in [-0.15, -0.1) is 0 Å². The molecule has 0 fully saturated rings. The lowest BCUT2D eigenvalue weighted by molar-refractivity contribution is 0.601. The van der Waals surface area contributed by atoms with E-state index in [2.05, 4.69) is 11.1 Å². The number of fused-ring (bicyclic) bond motifs is 1. The molecular formula is C25H20ClN3O3S. The van der Waals surface area contributed by atoms with Gasteiger partial charge in [-0.2, -0.15) is 5.26 Å². The summed E-state index contributed by atoms with van der Waals surface area (Å²) < 4.78 is 23.7. The largest absolute Gasteiger partial charge is 0.346 e. The Morgan fingerprint density at radius 1 is 1.12 bits per heavy atom. The number of pyridine rings is 2. The number of sulfone groups is 1. The summed E-state index contributed by atoms with van der Waals surface area (Å²) in [5.74, 6) is -0.163. The molecule has 8 heteroatoms. The van der Waals surface area contributed by atoms with Crippen LogP contribution >= 0.6 is 11.6 Å². The number of halogens is 1. The Bertz CT molecular complexity index is 1610. The van der Waals surface area contributed by atoms with Crippen molar-refractivity contribution in [3.8, 4) is 28.5 Å². The summed E-state index contributed by atoms with van der Waals surface area (Å²) in [5, 5.41) is 10.2. The van der Waals surface area contributed by atoms with Crippen LogP contribution in [0.25, 0.3) is 33.4 Å². The van der Waals surface area contributed by atoms with Gasteiger partial charge in [0.1, 0.15) is 5.65 Å². The highest BCUT2D eigenvalue weighted by atomic mass is 35.5. The van der Waals surface area contributed by atoms with E-state index in [0.717, 1.165) is 16.7 Å². The number of hydrogen-bond donors (Lipinski definition) is 1. The molecule has 2 aromatic heterocycles. The number of nitrogens with zero attached hydrogens (tertiary/aromatic N) is 2. The van der Waals surface area contributed by atoms with E-state index in [4.69, 9.17) is 16.6 Å². The van der Waals surface area contributed by atoms with Gasteiger partial charge in [-0.05, 0) is 54.3 Å². The molecule has 0 spiro atoms. The van der Waals surface area contributed by atoms with E-state index in [-0.39, 0.29) is 11.2 Å². The molecule has 0 saturated carbocycles. The molecule has 0 aliphatic rings. The Morgan fingerprint density at radius 3 is 2.55 bits per heavy atom. The number of aryl methyl sites for hydroxylation is 1. The van der Waals surface area contributed by atoms with Gasteiger partial charge < -0.3 is 4.98 Å². The number of nitriles is 1. The van der Waals surface area contributed by atoms with Gasteiger partial charge in [0.05, 0.1) is 28.5 Å². The van der Waals surface area contributed by atoms with E-state index in [1.54, 1.807) is 37.4 Å². The Kier molecular flexibility index (Phi) is 5.83. The van der Waals surface area contributed by atoms with Crippen LogP contribution in [-0.4, -0.2) is 24.6 Å². The van der Waals surface area contributed by atoms with E-state index < -0.39 is 9.84 Å². The number of H-pyrrole nitrogens is 1. The van der Waals surface area contributed by atoms with Crippen LogP contribution in [0.3, 0.4) is 0 Å². The fourth-order valence-corrected chi connectivity index (χ4v) is 5.23. The molecule has 0 unspecified atom stereocenters. The van der Waals surface area contributed by atoms with Gasteiger partial charge in [-0.25, -0.2) is 13.4 Å². The zero-order valence-electron chi connectivity index (χ0n) is 18.2. The van der Waals surface area contributed by atoms with Gasteiger partial charge in [0.15, 0.2) is 15.3 Å². The predicted octanol–water partition coefficient (Wildman–Crippen LogP) is 4.94. The van der Waals surface area contributed by atoms with Crippen molar-refractivity contribution in [1.82, 2.24) is 9.97 Å². The normalized spacial score (nSPS) is 11.5. The molecule has 1 N–H and O–H groups in total. The smallest absolute Gasteiger partial charge is 0.191 e. The van der Waals surface area contributed by atoms with Crippen LogP contribution in [0, 0.1) is 25.2 Å². The van der Waals surface area contributed by atoms with E-state index in [1.165, 1.54) is 12.3 Å². The lowest BCUT2D eigenvalue weighted by Gasteiger charge is -2.16. The standard InChI is InChI=1S/C25H20ClN3O3S/c1-14-9-17(10-22(26)21(14)13-33(3,31)32)19-11-20-23(30)7-8-28-25(20)29-24(19)18-6-4-5-16(12-27)15(18)2/h4-11H,13H2,1-3H3,(H,28,29,30). The maximum Gasteiger partial charge on any atom is 0.191 e. The van der Waals surface area contributed by atoms with Crippen LogP contribution in [0.15, 0.2) is 53.5 Å². The number of nitrogens with one attached hydrogen (secondary N) is 1. The lowest BCUT2D eigenvalue weighted by atomic mass is 9.92. The van der Waals surface area contributed by atoms with E-state index in [9.17, 15) is 18.5 Å². The monoisotopic (exact) mass is 477 g/mol. The first kappa shape index (κ1) is 22.7. The van der Waals surface area contributed by atoms with Crippen molar-refractivity contribution in [2.45, 2.75) is 19.6 Å². The van der Waals surface area contributed by atoms with Gasteiger partial charge >= 0.3 is 0 Å². The average molecular weight is 478 g/mol. The molecule has 0 aliphatic heterocycles. The maximum atomic E-state index is 12.5. The number of hydrogen-bond acceptors (Lipinski definition) is 5. The third-order valence-corrected chi connectivity index (χ3v) is 6.74. The van der Waals surface area contributed by atoms with Crippen molar-refractivity contribution in [3.63, 3.8) is 0 Å². The van der Waals surface area contributed by atoms with Crippen molar-refractivity contribution in [1.29, 1.82) is 5.26 Å². The molecule has 4 rings (SSSR count). The van der Waals surface area contributed by atoms with Gasteiger partial charge in [-0.1, -0.05) is 29.8 Å². The highest BCUT2D eigenvalue weighted by Gasteiger charge is 2.19. The molecule has 2 heterocycles. The fourth-order valence-electron chi connectivity index (χ4n) is 3.91. The molecular weight excluding hydrogens is 458 g/mol. The van der Waals surface area contributed by atoms with Gasteiger partial charge in [0.2, 0.25) is 0 Å². The topological polar surface area (TPSA) is 104 Å². The minimum absolute atomic E-state index is 0.163. The maximum absolute atomic E-state index is 12.5. The van der Waals surface area contributed by atoms with Gasteiger partial charge in [-0.3, -0.25) is 4.79 Å². The van der Waals surface area contributed by atoms with Crippen LogP contribution < -0.4 is 5.43 Å². The van der Waals surface area contributed by atoms with Crippen molar-refractivity contribution >= 4 is 32.5 Å². The average Bonchev–Trinajstić information content (AvgIpc) is 2.75. The summed E-state index contributed by atoms with van der Waals surface area (Å²) in [4.78, 5) is 20.3. The second-order valence-electron chi connectivity index (χ2n) is 8.04. The second kappa shape index (κ2) is 8.47. The molecule has 33 heavy (non-hydrogen) atoms. The first-order valence-corrected chi connectivity index (χ1v) is 12.5. The summed E-state index contributed by atoms with van der Waals surface area (Å²) in [6, 6.07) is 14.3. The quantitative estimate of drug-likeness (QED) is 0.448. The van der Waals surface area contributed by atoms with Crippen molar-refractivity contribution in [3.05, 3.63) is 86.2 Å². The van der Waals surface area contributed by atoms with Crippen molar-refractivity contribution in [2.75, 3.05) is 6.26 Å². The molecule has 0 saturated heterocycles. The molecule has 4 aromatic rings. The minimum Gasteiger partial charge on any atom is -0.346 e. The molecule has 2 aromatic carbocycles. The highest BCUT2D eigenvalue weighted by molar-refractivity contribution is 7.89. The fraction of sp³-hybridized carbons (Fsp3) is 0.160. The minimum atomic E-state index is -3.27. The third kappa shape index (κ3) is 4.40. The van der Waals surface area contributed by atoms with Crippen LogP contribution in [-0.2, 0) is 15.6 Å². The summed E-state index contributed by atoms with van der Waals surface area (Å²) in [5.41, 5.74) is 5.51. The van der Waals surface area contributed by atoms with Crippen LogP contribution in [0.4, 0.5) is 0 Å². The Morgan fingerprint density at radius 2 is 1.88 bits per heavy atom. The number of aromatic nitrogens is 2. The Balaban J connectivity index is 2.06. The SMILES string of the molecule is Cc1cc(-c2cc3c(=O)cc[nH]c3nc2-c2cccc(C#N)c2C)cc(Cl)c1CS(C)(=O)=O. The first-order valence-electron chi connectivity index (χ1n) is 10.1. The third-order valence-electron chi connectivity index (χ3n) is 5.59. The molecule has 166 valence electrons. The summed E-state index contributed by atoms with van der Waals surface area (Å²) in [7, 11) is -3.27. The van der Waals surface area contributed by atoms with Crippen LogP contribution in [0.2, 0.25) is 5.02 Å². The van der Waals surface area contributed by atoms with E-state index in [1.807, 2.05) is 19.1 Å². The zero-order valence-corrected chi connectivity index (χ0v) is 19.8. The Labute approximate surface area is 196 Å². The number of benzene rings is 2. The van der Waals surface area contributed by atoms with E-state index >= 15 is 0 Å². The summed E-state index contributed by atoms with van der Waals surface area (Å²) >= 11 is 6.52. The highest BCUT2D eigenvalue weighted by Crippen LogP contribution is 2.37. The number of rotatable bonds is 4. The van der Waals surface area contributed by atoms with Gasteiger partial charge in [0.25, 0.3) is 0 Å². The summed E-state index contributed by atoms with van der Waals surface area (Å²) in [6.07, 6.45) is 2.71. The molecule has 0 aliphatic carbocycles. The molecule has 0 bridgehead atoms. The lowest BCUT2D eigenvalue weighted by Crippen LogP contribution is -2.05.